The van der Waals surface area contributed by atoms with Crippen LogP contribution in [0.3, 0.4) is 0 Å². The molecule has 1 heterocycles. The highest BCUT2D eigenvalue weighted by molar-refractivity contribution is 7.14. The molecule has 0 saturated carbocycles. The van der Waals surface area contributed by atoms with Crippen molar-refractivity contribution in [3.8, 4) is 0 Å². The molecule has 0 fully saturated rings. The Balaban J connectivity index is 2.84. The van der Waals surface area contributed by atoms with Crippen molar-refractivity contribution in [1.82, 2.24) is 0 Å². The molecule has 1 atom stereocenters. The molecule has 0 bridgehead atoms. The Hall–Kier alpha value is -0.0500. The van der Waals surface area contributed by atoms with Gasteiger partial charge in [-0.15, -0.1) is 11.3 Å². The molecule has 0 aliphatic heterocycles. The zero-order valence-corrected chi connectivity index (χ0v) is 8.25. The van der Waals surface area contributed by atoms with Crippen molar-refractivity contribution in [1.29, 1.82) is 0 Å². The Kier molecular flexibility index (Phi) is 2.93. The first-order valence-electron chi connectivity index (χ1n) is 3.61. The van der Waals surface area contributed by atoms with Crippen molar-refractivity contribution < 1.29 is 0 Å². The SMILES string of the molecule is CC(C)[C@@H](N)c1ccsc1Cl. The molecule has 0 spiro atoms. The third-order valence-electron chi connectivity index (χ3n) is 1.72. The van der Waals surface area contributed by atoms with Gasteiger partial charge in [0.1, 0.15) is 0 Å². The minimum Gasteiger partial charge on any atom is -0.324 e. The standard InChI is InChI=1S/C8H12ClNS/c1-5(2)7(10)6-3-4-11-8(6)9/h3-5,7H,10H2,1-2H3/t7-/m1/s1. The second kappa shape index (κ2) is 3.57. The van der Waals surface area contributed by atoms with Crippen molar-refractivity contribution >= 4 is 22.9 Å². The van der Waals surface area contributed by atoms with Crippen LogP contribution in [0.25, 0.3) is 0 Å². The minimum absolute atomic E-state index is 0.0775. The second-order valence-corrected chi connectivity index (χ2v) is 4.44. The lowest BCUT2D eigenvalue weighted by atomic mass is 10.00. The molecule has 0 radical (unpaired) electrons. The Labute approximate surface area is 76.2 Å². The topological polar surface area (TPSA) is 26.0 Å². The van der Waals surface area contributed by atoms with Gasteiger partial charge in [0.25, 0.3) is 0 Å². The summed E-state index contributed by atoms with van der Waals surface area (Å²) in [7, 11) is 0. The van der Waals surface area contributed by atoms with E-state index in [1.807, 2.05) is 11.4 Å². The van der Waals surface area contributed by atoms with Gasteiger partial charge in [0, 0.05) is 6.04 Å². The number of hydrogen-bond acceptors (Lipinski definition) is 2. The Bertz CT molecular complexity index is 232. The summed E-state index contributed by atoms with van der Waals surface area (Å²) in [6, 6.07) is 2.08. The third kappa shape index (κ3) is 1.95. The van der Waals surface area contributed by atoms with Gasteiger partial charge in [0.05, 0.1) is 4.34 Å². The van der Waals surface area contributed by atoms with Crippen molar-refractivity contribution in [2.24, 2.45) is 11.7 Å². The van der Waals surface area contributed by atoms with Gasteiger partial charge in [-0.3, -0.25) is 0 Å². The zero-order valence-electron chi connectivity index (χ0n) is 6.67. The highest BCUT2D eigenvalue weighted by atomic mass is 35.5. The van der Waals surface area contributed by atoms with Gasteiger partial charge >= 0.3 is 0 Å². The number of thiophene rings is 1. The van der Waals surface area contributed by atoms with E-state index in [9.17, 15) is 0 Å². The maximum Gasteiger partial charge on any atom is 0.0976 e. The summed E-state index contributed by atoms with van der Waals surface area (Å²) in [5.74, 6) is 0.446. The zero-order chi connectivity index (χ0) is 8.43. The summed E-state index contributed by atoms with van der Waals surface area (Å²) in [6.45, 7) is 4.19. The van der Waals surface area contributed by atoms with E-state index in [4.69, 9.17) is 17.3 Å². The van der Waals surface area contributed by atoms with Crippen molar-refractivity contribution in [2.75, 3.05) is 0 Å². The van der Waals surface area contributed by atoms with E-state index in [1.54, 1.807) is 0 Å². The highest BCUT2D eigenvalue weighted by Gasteiger charge is 2.13. The fourth-order valence-electron chi connectivity index (χ4n) is 0.902. The lowest BCUT2D eigenvalue weighted by Crippen LogP contribution is -2.15. The largest absolute Gasteiger partial charge is 0.324 e. The van der Waals surface area contributed by atoms with Crippen LogP contribution in [-0.4, -0.2) is 0 Å². The number of hydrogen-bond donors (Lipinski definition) is 1. The quantitative estimate of drug-likeness (QED) is 0.761. The van der Waals surface area contributed by atoms with Gasteiger partial charge < -0.3 is 5.73 Å². The fourth-order valence-corrected chi connectivity index (χ4v) is 1.92. The van der Waals surface area contributed by atoms with Gasteiger partial charge in [-0.1, -0.05) is 25.4 Å². The van der Waals surface area contributed by atoms with Crippen LogP contribution >= 0.6 is 22.9 Å². The molecule has 0 aliphatic rings. The van der Waals surface area contributed by atoms with Crippen LogP contribution in [0, 0.1) is 5.92 Å². The van der Waals surface area contributed by atoms with Crippen LogP contribution < -0.4 is 5.73 Å². The molecule has 62 valence electrons. The fraction of sp³-hybridized carbons (Fsp3) is 0.500. The maximum absolute atomic E-state index is 5.92. The average molecular weight is 190 g/mol. The molecule has 0 amide bonds. The predicted octanol–water partition coefficient (Wildman–Crippen LogP) is 3.06. The Morgan fingerprint density at radius 1 is 1.55 bits per heavy atom. The van der Waals surface area contributed by atoms with Crippen LogP contribution in [0.1, 0.15) is 25.5 Å². The van der Waals surface area contributed by atoms with Crippen LogP contribution in [0.15, 0.2) is 11.4 Å². The first-order valence-corrected chi connectivity index (χ1v) is 4.87. The molecule has 0 saturated heterocycles. The highest BCUT2D eigenvalue weighted by Crippen LogP contribution is 2.30. The van der Waals surface area contributed by atoms with Crippen LogP contribution in [-0.2, 0) is 0 Å². The van der Waals surface area contributed by atoms with E-state index in [0.29, 0.717) is 5.92 Å². The molecular formula is C8H12ClNS. The average Bonchev–Trinajstić information content (AvgIpc) is 2.33. The predicted molar refractivity (Wildman–Crippen MR) is 51.1 cm³/mol. The molecule has 1 aromatic heterocycles. The molecule has 1 rings (SSSR count). The van der Waals surface area contributed by atoms with Gasteiger partial charge in [-0.2, -0.15) is 0 Å². The van der Waals surface area contributed by atoms with E-state index >= 15 is 0 Å². The minimum atomic E-state index is 0.0775. The first-order chi connectivity index (χ1) is 5.13. The molecule has 1 aromatic rings. The van der Waals surface area contributed by atoms with Crippen LogP contribution in [0.4, 0.5) is 0 Å². The maximum atomic E-state index is 5.92. The van der Waals surface area contributed by atoms with Gasteiger partial charge in [-0.25, -0.2) is 0 Å². The van der Waals surface area contributed by atoms with Crippen LogP contribution in [0.2, 0.25) is 4.34 Å². The molecule has 1 nitrogen and oxygen atoms in total. The van der Waals surface area contributed by atoms with Crippen molar-refractivity contribution in [3.05, 3.63) is 21.3 Å². The molecule has 0 aliphatic carbocycles. The van der Waals surface area contributed by atoms with E-state index in [-0.39, 0.29) is 6.04 Å². The van der Waals surface area contributed by atoms with Gasteiger partial charge in [0.15, 0.2) is 0 Å². The van der Waals surface area contributed by atoms with Gasteiger partial charge in [-0.05, 0) is 22.9 Å². The smallest absolute Gasteiger partial charge is 0.0976 e. The molecule has 2 N–H and O–H groups in total. The first kappa shape index (κ1) is 9.04. The summed E-state index contributed by atoms with van der Waals surface area (Å²) in [4.78, 5) is 0. The normalized spacial score (nSPS) is 13.9. The summed E-state index contributed by atoms with van der Waals surface area (Å²) in [6.07, 6.45) is 0. The number of halogens is 1. The van der Waals surface area contributed by atoms with E-state index in [1.165, 1.54) is 11.3 Å². The summed E-state index contributed by atoms with van der Waals surface area (Å²) >= 11 is 7.45. The van der Waals surface area contributed by atoms with Gasteiger partial charge in [0.2, 0.25) is 0 Å². The van der Waals surface area contributed by atoms with E-state index < -0.39 is 0 Å². The molecule has 3 heteroatoms. The van der Waals surface area contributed by atoms with Crippen molar-refractivity contribution in [3.63, 3.8) is 0 Å². The van der Waals surface area contributed by atoms with E-state index in [0.717, 1.165) is 9.90 Å². The Morgan fingerprint density at radius 2 is 2.18 bits per heavy atom. The lowest BCUT2D eigenvalue weighted by Gasteiger charge is -2.14. The summed E-state index contributed by atoms with van der Waals surface area (Å²) in [5.41, 5.74) is 6.98. The second-order valence-electron chi connectivity index (χ2n) is 2.92. The summed E-state index contributed by atoms with van der Waals surface area (Å²) in [5, 5.41) is 1.97. The van der Waals surface area contributed by atoms with Crippen molar-refractivity contribution in [2.45, 2.75) is 19.9 Å². The molecular weight excluding hydrogens is 178 g/mol. The molecule has 0 unspecified atom stereocenters. The molecule has 11 heavy (non-hydrogen) atoms. The lowest BCUT2D eigenvalue weighted by molar-refractivity contribution is 0.515. The summed E-state index contributed by atoms with van der Waals surface area (Å²) < 4.78 is 0.825. The van der Waals surface area contributed by atoms with E-state index in [2.05, 4.69) is 13.8 Å². The Morgan fingerprint density at radius 3 is 2.55 bits per heavy atom. The number of rotatable bonds is 2. The monoisotopic (exact) mass is 189 g/mol. The third-order valence-corrected chi connectivity index (χ3v) is 2.92. The van der Waals surface area contributed by atoms with Crippen LogP contribution in [0.5, 0.6) is 0 Å². The number of nitrogens with two attached hydrogens (primary N) is 1. The molecule has 0 aromatic carbocycles.